The van der Waals surface area contributed by atoms with Gasteiger partial charge >= 0.3 is 5.97 Å². The summed E-state index contributed by atoms with van der Waals surface area (Å²) in [4.78, 5) is 11.9. The van der Waals surface area contributed by atoms with Crippen molar-refractivity contribution in [2.45, 2.75) is 57.6 Å². The first-order valence-corrected chi connectivity index (χ1v) is 8.83. The lowest BCUT2D eigenvalue weighted by Gasteiger charge is -2.26. The molecule has 0 bridgehead atoms. The van der Waals surface area contributed by atoms with E-state index >= 15 is 0 Å². The van der Waals surface area contributed by atoms with Crippen LogP contribution >= 0.6 is 11.8 Å². The lowest BCUT2D eigenvalue weighted by atomic mass is 9.95. The molecular formula is C15H29NO3S. The molecule has 0 aliphatic carbocycles. The van der Waals surface area contributed by atoms with Gasteiger partial charge in [0.25, 0.3) is 0 Å². The van der Waals surface area contributed by atoms with Crippen molar-refractivity contribution in [3.05, 3.63) is 0 Å². The predicted molar refractivity (Wildman–Crippen MR) is 84.2 cm³/mol. The van der Waals surface area contributed by atoms with Crippen LogP contribution in [0.4, 0.5) is 0 Å². The highest BCUT2D eigenvalue weighted by Gasteiger charge is 2.32. The van der Waals surface area contributed by atoms with Gasteiger partial charge in [0, 0.05) is 12.4 Å². The number of carbonyl (C=O) groups excluding carboxylic acids is 1. The lowest BCUT2D eigenvalue weighted by Crippen LogP contribution is -2.48. The van der Waals surface area contributed by atoms with Gasteiger partial charge in [0.2, 0.25) is 0 Å². The number of thioether (sulfide) groups is 1. The highest BCUT2D eigenvalue weighted by atomic mass is 32.2. The molecule has 1 heterocycles. The Bertz CT molecular complexity index is 282. The van der Waals surface area contributed by atoms with Crippen molar-refractivity contribution in [2.24, 2.45) is 0 Å². The van der Waals surface area contributed by atoms with E-state index in [-0.39, 0.29) is 5.97 Å². The molecule has 0 amide bonds. The molecular weight excluding hydrogens is 274 g/mol. The minimum atomic E-state index is -0.546. The standard InChI is InChI=1S/C15H29NO3S/c1-4-18-14(17)15(2,16-3)9-5-6-11-20-12-13-8-7-10-19-13/h13,16H,4-12H2,1-3H3. The first kappa shape index (κ1) is 17.8. The Balaban J connectivity index is 2.09. The number of rotatable bonds is 10. The molecule has 0 aromatic rings. The molecule has 1 N–H and O–H groups in total. The molecule has 1 saturated heterocycles. The van der Waals surface area contributed by atoms with Gasteiger partial charge in [-0.2, -0.15) is 11.8 Å². The van der Waals surface area contributed by atoms with Gasteiger partial charge in [-0.25, -0.2) is 0 Å². The maximum absolute atomic E-state index is 11.9. The molecule has 5 heteroatoms. The van der Waals surface area contributed by atoms with Crippen molar-refractivity contribution in [1.29, 1.82) is 0 Å². The van der Waals surface area contributed by atoms with Crippen LogP contribution in [0.1, 0.15) is 46.0 Å². The molecule has 4 nitrogen and oxygen atoms in total. The summed E-state index contributed by atoms with van der Waals surface area (Å²) >= 11 is 1.97. The van der Waals surface area contributed by atoms with Crippen LogP contribution in [0.25, 0.3) is 0 Å². The first-order valence-electron chi connectivity index (χ1n) is 7.68. The number of likely N-dealkylation sites (N-methyl/N-ethyl adjacent to an activating group) is 1. The second-order valence-electron chi connectivity index (χ2n) is 5.47. The van der Waals surface area contributed by atoms with Crippen LogP contribution in [-0.4, -0.2) is 49.4 Å². The van der Waals surface area contributed by atoms with Crippen LogP contribution in [0.3, 0.4) is 0 Å². The monoisotopic (exact) mass is 303 g/mol. The third-order valence-electron chi connectivity index (χ3n) is 3.82. The van der Waals surface area contributed by atoms with E-state index in [0.717, 1.165) is 37.4 Å². The third-order valence-corrected chi connectivity index (χ3v) is 5.01. The maximum Gasteiger partial charge on any atom is 0.326 e. The third kappa shape index (κ3) is 6.02. The number of hydrogen-bond donors (Lipinski definition) is 1. The molecule has 0 aromatic carbocycles. The summed E-state index contributed by atoms with van der Waals surface area (Å²) in [6.45, 7) is 5.14. The molecule has 2 unspecified atom stereocenters. The van der Waals surface area contributed by atoms with Gasteiger partial charge in [-0.05, 0) is 52.3 Å². The lowest BCUT2D eigenvalue weighted by molar-refractivity contribution is -0.150. The molecule has 2 atom stereocenters. The molecule has 0 radical (unpaired) electrons. The molecule has 20 heavy (non-hydrogen) atoms. The molecule has 0 saturated carbocycles. The van der Waals surface area contributed by atoms with Crippen LogP contribution in [-0.2, 0) is 14.3 Å². The van der Waals surface area contributed by atoms with Crippen LogP contribution < -0.4 is 5.32 Å². The van der Waals surface area contributed by atoms with Gasteiger partial charge in [-0.1, -0.05) is 6.42 Å². The Morgan fingerprint density at radius 1 is 1.50 bits per heavy atom. The van der Waals surface area contributed by atoms with Crippen molar-refractivity contribution in [3.8, 4) is 0 Å². The fourth-order valence-corrected chi connectivity index (χ4v) is 3.39. The number of hydrogen-bond acceptors (Lipinski definition) is 5. The number of nitrogens with one attached hydrogen (secondary N) is 1. The van der Waals surface area contributed by atoms with Gasteiger partial charge in [0.1, 0.15) is 5.54 Å². The van der Waals surface area contributed by atoms with E-state index in [1.165, 1.54) is 12.8 Å². The van der Waals surface area contributed by atoms with E-state index in [4.69, 9.17) is 9.47 Å². The van der Waals surface area contributed by atoms with Crippen molar-refractivity contribution >= 4 is 17.7 Å². The first-order chi connectivity index (χ1) is 9.62. The van der Waals surface area contributed by atoms with Gasteiger partial charge in [-0.15, -0.1) is 0 Å². The second-order valence-corrected chi connectivity index (χ2v) is 6.62. The largest absolute Gasteiger partial charge is 0.465 e. The van der Waals surface area contributed by atoms with E-state index in [9.17, 15) is 4.79 Å². The predicted octanol–water partition coefficient (Wildman–Crippen LogP) is 2.61. The van der Waals surface area contributed by atoms with Crippen molar-refractivity contribution in [1.82, 2.24) is 5.32 Å². The van der Waals surface area contributed by atoms with E-state index in [1.807, 2.05) is 32.7 Å². The van der Waals surface area contributed by atoms with E-state index in [2.05, 4.69) is 5.32 Å². The summed E-state index contributed by atoms with van der Waals surface area (Å²) in [6, 6.07) is 0. The molecule has 0 spiro atoms. The Labute approximate surface area is 127 Å². The van der Waals surface area contributed by atoms with Crippen LogP contribution in [0, 0.1) is 0 Å². The zero-order valence-electron chi connectivity index (χ0n) is 13.1. The molecule has 1 rings (SSSR count). The van der Waals surface area contributed by atoms with Gasteiger partial charge < -0.3 is 14.8 Å². The van der Waals surface area contributed by atoms with E-state index < -0.39 is 5.54 Å². The number of esters is 1. The van der Waals surface area contributed by atoms with Crippen molar-refractivity contribution in [3.63, 3.8) is 0 Å². The Morgan fingerprint density at radius 3 is 2.90 bits per heavy atom. The number of ether oxygens (including phenoxy) is 2. The highest BCUT2D eigenvalue weighted by Crippen LogP contribution is 2.20. The molecule has 1 aliphatic rings. The average molecular weight is 303 g/mol. The van der Waals surface area contributed by atoms with E-state index in [0.29, 0.717) is 12.7 Å². The Morgan fingerprint density at radius 2 is 2.30 bits per heavy atom. The Hall–Kier alpha value is -0.260. The Kier molecular flexibility index (Phi) is 8.57. The van der Waals surface area contributed by atoms with Crippen LogP contribution in [0.2, 0.25) is 0 Å². The molecule has 1 aliphatic heterocycles. The van der Waals surface area contributed by atoms with Gasteiger partial charge in [-0.3, -0.25) is 4.79 Å². The fraction of sp³-hybridized carbons (Fsp3) is 0.933. The second kappa shape index (κ2) is 9.64. The number of unbranched alkanes of at least 4 members (excludes halogenated alkanes) is 1. The van der Waals surface area contributed by atoms with Crippen molar-refractivity contribution in [2.75, 3.05) is 31.8 Å². The highest BCUT2D eigenvalue weighted by molar-refractivity contribution is 7.99. The maximum atomic E-state index is 11.9. The molecule has 1 fully saturated rings. The van der Waals surface area contributed by atoms with Gasteiger partial charge in [0.05, 0.1) is 12.7 Å². The normalized spacial score (nSPS) is 21.6. The van der Waals surface area contributed by atoms with Crippen LogP contribution in [0.5, 0.6) is 0 Å². The average Bonchev–Trinajstić information content (AvgIpc) is 2.95. The molecule has 0 aromatic heterocycles. The zero-order chi connectivity index (χ0) is 14.8. The van der Waals surface area contributed by atoms with Crippen molar-refractivity contribution < 1.29 is 14.3 Å². The fourth-order valence-electron chi connectivity index (χ4n) is 2.29. The number of carbonyl (C=O) groups is 1. The zero-order valence-corrected chi connectivity index (χ0v) is 13.9. The SMILES string of the molecule is CCOC(=O)C(C)(CCCCSCC1CCCO1)NC. The molecule has 118 valence electrons. The minimum Gasteiger partial charge on any atom is -0.465 e. The van der Waals surface area contributed by atoms with Gasteiger partial charge in [0.15, 0.2) is 0 Å². The van der Waals surface area contributed by atoms with Crippen LogP contribution in [0.15, 0.2) is 0 Å². The topological polar surface area (TPSA) is 47.6 Å². The quantitative estimate of drug-likeness (QED) is 0.496. The summed E-state index contributed by atoms with van der Waals surface area (Å²) < 4.78 is 10.7. The van der Waals surface area contributed by atoms with E-state index in [1.54, 1.807) is 0 Å². The summed E-state index contributed by atoms with van der Waals surface area (Å²) in [5.41, 5.74) is -0.546. The minimum absolute atomic E-state index is 0.144. The summed E-state index contributed by atoms with van der Waals surface area (Å²) in [5.74, 6) is 2.11. The summed E-state index contributed by atoms with van der Waals surface area (Å²) in [7, 11) is 1.82. The summed E-state index contributed by atoms with van der Waals surface area (Å²) in [5, 5.41) is 3.10. The smallest absolute Gasteiger partial charge is 0.326 e. The summed E-state index contributed by atoms with van der Waals surface area (Å²) in [6.07, 6.45) is 5.90.